The molecule has 0 aromatic rings. The van der Waals surface area contributed by atoms with E-state index >= 15 is 0 Å². The van der Waals surface area contributed by atoms with E-state index in [0.29, 0.717) is 5.57 Å². The molecule has 1 rings (SSSR count). The zero-order valence-electron chi connectivity index (χ0n) is 11.3. The molecule has 2 N–H and O–H groups in total. The Morgan fingerprint density at radius 1 is 1.50 bits per heavy atom. The fraction of sp³-hybridized carbons (Fsp3) is 0.533. The van der Waals surface area contributed by atoms with Crippen molar-refractivity contribution in [3.8, 4) is 0 Å². The smallest absolute Gasteiger partial charge is 0.328 e. The third kappa shape index (κ3) is 3.57. The molecule has 0 aliphatic heterocycles. The summed E-state index contributed by atoms with van der Waals surface area (Å²) >= 11 is 0. The summed E-state index contributed by atoms with van der Waals surface area (Å²) in [6.45, 7) is 10.0. The third-order valence-corrected chi connectivity index (χ3v) is 3.63. The van der Waals surface area contributed by atoms with Gasteiger partial charge in [-0.15, -0.1) is 0 Å². The molecule has 0 heterocycles. The van der Waals surface area contributed by atoms with Crippen LogP contribution in [0.2, 0.25) is 0 Å². The van der Waals surface area contributed by atoms with Crippen molar-refractivity contribution >= 4 is 5.97 Å². The lowest BCUT2D eigenvalue weighted by Gasteiger charge is -2.41. The Balaban J connectivity index is 2.88. The molecule has 0 aromatic carbocycles. The highest BCUT2D eigenvalue weighted by molar-refractivity contribution is 5.81. The molecule has 0 bridgehead atoms. The predicted molar refractivity (Wildman–Crippen MR) is 72.2 cm³/mol. The molecule has 0 amide bonds. The van der Waals surface area contributed by atoms with Gasteiger partial charge in [0.15, 0.2) is 0 Å². The van der Waals surface area contributed by atoms with Crippen LogP contribution in [0.25, 0.3) is 0 Å². The van der Waals surface area contributed by atoms with Crippen molar-refractivity contribution in [2.75, 3.05) is 0 Å². The Morgan fingerprint density at radius 3 is 2.67 bits per heavy atom. The summed E-state index contributed by atoms with van der Waals surface area (Å²) in [5.74, 6) is -0.864. The monoisotopic (exact) mass is 250 g/mol. The molecule has 3 nitrogen and oxygen atoms in total. The van der Waals surface area contributed by atoms with Crippen LogP contribution in [0.3, 0.4) is 0 Å². The largest absolute Gasteiger partial charge is 0.478 e. The van der Waals surface area contributed by atoms with Crippen molar-refractivity contribution in [2.24, 2.45) is 11.3 Å². The Bertz CT molecular complexity index is 402. The molecule has 2 unspecified atom stereocenters. The SMILES string of the molecule is C=C1C(O)CCC(C)(C)C1C=CC(C)=CC(=O)O. The van der Waals surface area contributed by atoms with E-state index in [1.807, 2.05) is 6.08 Å². The lowest BCUT2D eigenvalue weighted by atomic mass is 9.65. The molecule has 1 saturated carbocycles. The van der Waals surface area contributed by atoms with Gasteiger partial charge in [0.1, 0.15) is 0 Å². The Kier molecular flexibility index (Phi) is 4.52. The van der Waals surface area contributed by atoms with E-state index < -0.39 is 12.1 Å². The molecule has 0 aromatic heterocycles. The minimum absolute atomic E-state index is 0.0519. The second-order valence-corrected chi connectivity index (χ2v) is 5.68. The van der Waals surface area contributed by atoms with Crippen molar-refractivity contribution in [3.05, 3.63) is 36.0 Å². The van der Waals surface area contributed by atoms with Crippen molar-refractivity contribution in [1.82, 2.24) is 0 Å². The molecule has 18 heavy (non-hydrogen) atoms. The number of hydrogen-bond donors (Lipinski definition) is 2. The summed E-state index contributed by atoms with van der Waals surface area (Å²) in [4.78, 5) is 10.5. The van der Waals surface area contributed by atoms with Crippen LogP contribution in [0.15, 0.2) is 36.0 Å². The minimum atomic E-state index is -0.945. The van der Waals surface area contributed by atoms with Gasteiger partial charge < -0.3 is 10.2 Å². The van der Waals surface area contributed by atoms with Crippen molar-refractivity contribution in [1.29, 1.82) is 0 Å². The van der Waals surface area contributed by atoms with Crippen molar-refractivity contribution < 1.29 is 15.0 Å². The van der Waals surface area contributed by atoms with Gasteiger partial charge >= 0.3 is 5.97 Å². The highest BCUT2D eigenvalue weighted by Gasteiger charge is 2.36. The summed E-state index contributed by atoms with van der Waals surface area (Å²) in [6.07, 6.45) is 6.16. The average molecular weight is 250 g/mol. The van der Waals surface area contributed by atoms with Crippen LogP contribution < -0.4 is 0 Å². The van der Waals surface area contributed by atoms with Crippen LogP contribution in [0.1, 0.15) is 33.6 Å². The van der Waals surface area contributed by atoms with Gasteiger partial charge in [0.05, 0.1) is 6.10 Å². The van der Waals surface area contributed by atoms with E-state index in [1.165, 1.54) is 6.08 Å². The van der Waals surface area contributed by atoms with Gasteiger partial charge in [-0.1, -0.05) is 32.6 Å². The molecule has 1 aliphatic rings. The topological polar surface area (TPSA) is 57.5 Å². The van der Waals surface area contributed by atoms with Crippen LogP contribution in [0, 0.1) is 11.3 Å². The zero-order valence-corrected chi connectivity index (χ0v) is 11.3. The molecule has 1 fully saturated rings. The van der Waals surface area contributed by atoms with Crippen LogP contribution >= 0.6 is 0 Å². The Hall–Kier alpha value is -1.35. The van der Waals surface area contributed by atoms with E-state index in [-0.39, 0.29) is 11.3 Å². The first-order valence-corrected chi connectivity index (χ1v) is 6.20. The van der Waals surface area contributed by atoms with Crippen LogP contribution in [0.5, 0.6) is 0 Å². The summed E-state index contributed by atoms with van der Waals surface area (Å²) < 4.78 is 0. The van der Waals surface area contributed by atoms with E-state index in [4.69, 9.17) is 5.11 Å². The molecule has 100 valence electrons. The molecule has 2 atom stereocenters. The summed E-state index contributed by atoms with van der Waals surface area (Å²) in [5.41, 5.74) is 1.56. The van der Waals surface area contributed by atoms with Crippen LogP contribution in [-0.4, -0.2) is 22.3 Å². The molecule has 0 radical (unpaired) electrons. The first-order chi connectivity index (χ1) is 8.24. The normalized spacial score (nSPS) is 28.7. The first kappa shape index (κ1) is 14.7. The zero-order chi connectivity index (χ0) is 13.9. The van der Waals surface area contributed by atoms with E-state index in [9.17, 15) is 9.90 Å². The van der Waals surface area contributed by atoms with E-state index in [2.05, 4.69) is 20.4 Å². The molecular weight excluding hydrogens is 228 g/mol. The number of carbonyl (C=O) groups is 1. The third-order valence-electron chi connectivity index (χ3n) is 3.63. The number of carboxylic acids is 1. The number of hydrogen-bond acceptors (Lipinski definition) is 2. The number of aliphatic hydroxyl groups is 1. The summed E-state index contributed by atoms with van der Waals surface area (Å²) in [5, 5.41) is 18.5. The summed E-state index contributed by atoms with van der Waals surface area (Å²) in [7, 11) is 0. The number of allylic oxidation sites excluding steroid dienone is 3. The van der Waals surface area contributed by atoms with Gasteiger partial charge in [0.2, 0.25) is 0 Å². The van der Waals surface area contributed by atoms with Gasteiger partial charge in [0, 0.05) is 12.0 Å². The molecule has 3 heteroatoms. The maximum Gasteiger partial charge on any atom is 0.328 e. The molecular formula is C15H22O3. The molecule has 0 spiro atoms. The predicted octanol–water partition coefficient (Wildman–Crippen LogP) is 2.93. The Morgan fingerprint density at radius 2 is 2.11 bits per heavy atom. The highest BCUT2D eigenvalue weighted by Crippen LogP contribution is 2.43. The quantitative estimate of drug-likeness (QED) is 0.460. The second-order valence-electron chi connectivity index (χ2n) is 5.68. The molecule has 1 aliphatic carbocycles. The van der Waals surface area contributed by atoms with Gasteiger partial charge in [-0.25, -0.2) is 4.79 Å². The number of aliphatic carboxylic acids is 1. The van der Waals surface area contributed by atoms with E-state index in [1.54, 1.807) is 13.0 Å². The van der Waals surface area contributed by atoms with E-state index in [0.717, 1.165) is 18.4 Å². The van der Waals surface area contributed by atoms with Gasteiger partial charge in [-0.05, 0) is 36.3 Å². The number of carboxylic acid groups (broad SMARTS) is 1. The minimum Gasteiger partial charge on any atom is -0.478 e. The number of rotatable bonds is 3. The van der Waals surface area contributed by atoms with Crippen molar-refractivity contribution in [2.45, 2.75) is 39.7 Å². The van der Waals surface area contributed by atoms with Gasteiger partial charge in [-0.2, -0.15) is 0 Å². The summed E-state index contributed by atoms with van der Waals surface area (Å²) in [6, 6.07) is 0. The Labute approximate surface area is 109 Å². The van der Waals surface area contributed by atoms with Crippen LogP contribution in [0.4, 0.5) is 0 Å². The first-order valence-electron chi connectivity index (χ1n) is 6.20. The lowest BCUT2D eigenvalue weighted by molar-refractivity contribution is -0.131. The maximum atomic E-state index is 10.5. The fourth-order valence-electron chi connectivity index (χ4n) is 2.43. The van der Waals surface area contributed by atoms with Crippen LogP contribution in [-0.2, 0) is 4.79 Å². The number of aliphatic hydroxyl groups excluding tert-OH is 1. The average Bonchev–Trinajstić information content (AvgIpc) is 2.23. The lowest BCUT2D eigenvalue weighted by Crippen LogP contribution is -2.35. The van der Waals surface area contributed by atoms with Crippen molar-refractivity contribution in [3.63, 3.8) is 0 Å². The standard InChI is InChI=1S/C15H22O3/c1-10(9-14(17)18)5-6-12-11(2)13(16)7-8-15(12,3)4/h5-6,9,12-13,16H,2,7-8H2,1,3-4H3,(H,17,18). The van der Waals surface area contributed by atoms with Gasteiger partial charge in [0.25, 0.3) is 0 Å². The fourth-order valence-corrected chi connectivity index (χ4v) is 2.43. The van der Waals surface area contributed by atoms with Gasteiger partial charge in [-0.3, -0.25) is 0 Å². The second kappa shape index (κ2) is 5.53. The highest BCUT2D eigenvalue weighted by atomic mass is 16.4. The maximum absolute atomic E-state index is 10.5. The molecule has 0 saturated heterocycles.